The molecule has 0 heterocycles. The third kappa shape index (κ3) is 3.83. The summed E-state index contributed by atoms with van der Waals surface area (Å²) in [5.41, 5.74) is 2.16. The Balaban J connectivity index is 2.77. The Kier molecular flexibility index (Phi) is 5.66. The van der Waals surface area contributed by atoms with Crippen LogP contribution >= 0.6 is 0 Å². The summed E-state index contributed by atoms with van der Waals surface area (Å²) in [6.07, 6.45) is 3.63. The number of hydrogen-bond donors (Lipinski definition) is 2. The number of aliphatic hydroxyl groups excluding tert-OH is 2. The normalized spacial score (nSPS) is 11.8. The minimum Gasteiger partial charge on any atom is -0.396 e. The van der Waals surface area contributed by atoms with Crippen LogP contribution in [0.15, 0.2) is 24.3 Å². The molecule has 17 heavy (non-hydrogen) atoms. The minimum atomic E-state index is -0.359. The van der Waals surface area contributed by atoms with E-state index in [2.05, 4.69) is 38.1 Å². The van der Waals surface area contributed by atoms with Gasteiger partial charge in [0.1, 0.15) is 0 Å². The lowest BCUT2D eigenvalue weighted by molar-refractivity contribution is 0.0466. The summed E-state index contributed by atoms with van der Waals surface area (Å²) in [5, 5.41) is 19.0. The summed E-state index contributed by atoms with van der Waals surface area (Å²) in [6.45, 7) is 4.32. The van der Waals surface area contributed by atoms with E-state index in [-0.39, 0.29) is 18.6 Å². The van der Waals surface area contributed by atoms with Crippen LogP contribution in [0.1, 0.15) is 37.8 Å². The minimum absolute atomic E-state index is 0.0485. The van der Waals surface area contributed by atoms with E-state index in [4.69, 9.17) is 0 Å². The van der Waals surface area contributed by atoms with Crippen LogP contribution in [0.3, 0.4) is 0 Å². The van der Waals surface area contributed by atoms with Crippen molar-refractivity contribution in [1.82, 2.24) is 0 Å². The van der Waals surface area contributed by atoms with Gasteiger partial charge in [0.2, 0.25) is 0 Å². The molecule has 2 heteroatoms. The zero-order chi connectivity index (χ0) is 12.7. The van der Waals surface area contributed by atoms with Gasteiger partial charge in [-0.3, -0.25) is 0 Å². The maximum Gasteiger partial charge on any atom is 0.0512 e. The quantitative estimate of drug-likeness (QED) is 0.764. The van der Waals surface area contributed by atoms with Crippen LogP contribution in [0.25, 0.3) is 0 Å². The summed E-state index contributed by atoms with van der Waals surface area (Å²) < 4.78 is 0. The van der Waals surface area contributed by atoms with E-state index in [0.29, 0.717) is 0 Å². The van der Waals surface area contributed by atoms with Crippen LogP contribution < -0.4 is 0 Å². The lowest BCUT2D eigenvalue weighted by atomic mass is 9.79. The Morgan fingerprint density at radius 3 is 1.88 bits per heavy atom. The Morgan fingerprint density at radius 2 is 1.47 bits per heavy atom. The van der Waals surface area contributed by atoms with Crippen molar-refractivity contribution in [2.24, 2.45) is 5.41 Å². The van der Waals surface area contributed by atoms with E-state index in [1.807, 2.05) is 0 Å². The molecule has 0 saturated heterocycles. The van der Waals surface area contributed by atoms with Crippen LogP contribution in [0.2, 0.25) is 0 Å². The third-order valence-corrected chi connectivity index (χ3v) is 3.46. The summed E-state index contributed by atoms with van der Waals surface area (Å²) in [7, 11) is 0. The first-order valence-corrected chi connectivity index (χ1v) is 6.49. The second-order valence-electron chi connectivity index (χ2n) is 4.91. The first-order valence-electron chi connectivity index (χ1n) is 6.49. The van der Waals surface area contributed by atoms with Gasteiger partial charge in [0.05, 0.1) is 13.2 Å². The molecule has 0 fully saturated rings. The van der Waals surface area contributed by atoms with E-state index < -0.39 is 0 Å². The van der Waals surface area contributed by atoms with Gasteiger partial charge in [0.15, 0.2) is 0 Å². The molecule has 1 rings (SSSR count). The summed E-state index contributed by atoms with van der Waals surface area (Å²) in [4.78, 5) is 0. The van der Waals surface area contributed by atoms with Crippen molar-refractivity contribution in [3.8, 4) is 0 Å². The summed E-state index contributed by atoms with van der Waals surface area (Å²) >= 11 is 0. The number of benzene rings is 1. The van der Waals surface area contributed by atoms with E-state index in [1.54, 1.807) is 0 Å². The fraction of sp³-hybridized carbons (Fsp3) is 0.600. The molecule has 0 atom stereocenters. The van der Waals surface area contributed by atoms with Gasteiger partial charge in [-0.15, -0.1) is 0 Å². The highest BCUT2D eigenvalue weighted by Gasteiger charge is 2.27. The van der Waals surface area contributed by atoms with Gasteiger partial charge in [0, 0.05) is 5.41 Å². The Hall–Kier alpha value is -0.860. The predicted octanol–water partition coefficient (Wildman–Crippen LogP) is 2.56. The van der Waals surface area contributed by atoms with Crippen LogP contribution in [-0.4, -0.2) is 23.4 Å². The summed E-state index contributed by atoms with van der Waals surface area (Å²) in [6, 6.07) is 8.46. The first kappa shape index (κ1) is 14.2. The van der Waals surface area contributed by atoms with Crippen LogP contribution in [-0.2, 0) is 12.8 Å². The van der Waals surface area contributed by atoms with E-state index in [1.165, 1.54) is 11.1 Å². The molecule has 0 aliphatic carbocycles. The van der Waals surface area contributed by atoms with Crippen molar-refractivity contribution in [2.75, 3.05) is 13.2 Å². The van der Waals surface area contributed by atoms with Gasteiger partial charge in [0.25, 0.3) is 0 Å². The maximum atomic E-state index is 9.51. The average molecular weight is 236 g/mol. The lowest BCUT2D eigenvalue weighted by Crippen LogP contribution is -2.32. The molecule has 96 valence electrons. The molecule has 0 spiro atoms. The zero-order valence-corrected chi connectivity index (χ0v) is 10.9. The van der Waals surface area contributed by atoms with E-state index >= 15 is 0 Å². The predicted molar refractivity (Wildman–Crippen MR) is 71.0 cm³/mol. The molecule has 0 unspecified atom stereocenters. The highest BCUT2D eigenvalue weighted by Crippen LogP contribution is 2.28. The van der Waals surface area contributed by atoms with E-state index in [9.17, 15) is 10.2 Å². The third-order valence-electron chi connectivity index (χ3n) is 3.46. The highest BCUT2D eigenvalue weighted by molar-refractivity contribution is 5.23. The van der Waals surface area contributed by atoms with Crippen molar-refractivity contribution >= 4 is 0 Å². The van der Waals surface area contributed by atoms with Gasteiger partial charge in [-0.25, -0.2) is 0 Å². The Morgan fingerprint density at radius 1 is 0.941 bits per heavy atom. The zero-order valence-electron chi connectivity index (χ0n) is 10.9. The molecule has 2 N–H and O–H groups in total. The Labute approximate surface area is 104 Å². The number of aliphatic hydroxyl groups is 2. The molecule has 2 nitrogen and oxygen atoms in total. The molecule has 0 saturated carbocycles. The molecule has 0 radical (unpaired) electrons. The smallest absolute Gasteiger partial charge is 0.0512 e. The molecule has 0 aliphatic rings. The molecule has 0 aromatic heterocycles. The fourth-order valence-corrected chi connectivity index (χ4v) is 2.26. The number of rotatable bonds is 7. The highest BCUT2D eigenvalue weighted by atomic mass is 16.3. The largest absolute Gasteiger partial charge is 0.396 e. The molecule has 0 amide bonds. The molecular weight excluding hydrogens is 212 g/mol. The number of aryl methyl sites for hydroxylation is 1. The van der Waals surface area contributed by atoms with Crippen LogP contribution in [0, 0.1) is 5.41 Å². The molecule has 0 bridgehead atoms. The van der Waals surface area contributed by atoms with E-state index in [0.717, 1.165) is 25.7 Å². The fourth-order valence-electron chi connectivity index (χ4n) is 2.26. The standard InChI is InChI=1S/C15H24O2/c1-3-9-15(11-16,12-17)10-14-7-5-13(4-2)6-8-14/h5-8,16-17H,3-4,9-12H2,1-2H3. The molecule has 0 aliphatic heterocycles. The lowest BCUT2D eigenvalue weighted by Gasteiger charge is -2.29. The van der Waals surface area contributed by atoms with Crippen molar-refractivity contribution < 1.29 is 10.2 Å². The second-order valence-corrected chi connectivity index (χ2v) is 4.91. The molecular formula is C15H24O2. The Bertz CT molecular complexity index is 312. The topological polar surface area (TPSA) is 40.5 Å². The van der Waals surface area contributed by atoms with Crippen molar-refractivity contribution in [3.63, 3.8) is 0 Å². The van der Waals surface area contributed by atoms with Gasteiger partial charge < -0.3 is 10.2 Å². The van der Waals surface area contributed by atoms with Gasteiger partial charge in [-0.05, 0) is 30.4 Å². The average Bonchev–Trinajstić information content (AvgIpc) is 2.39. The van der Waals surface area contributed by atoms with Gasteiger partial charge in [-0.2, -0.15) is 0 Å². The molecule has 1 aromatic carbocycles. The second kappa shape index (κ2) is 6.77. The SMILES string of the molecule is CCCC(CO)(CO)Cc1ccc(CC)cc1. The summed E-state index contributed by atoms with van der Waals surface area (Å²) in [5.74, 6) is 0. The van der Waals surface area contributed by atoms with Gasteiger partial charge in [-0.1, -0.05) is 44.5 Å². The van der Waals surface area contributed by atoms with Crippen molar-refractivity contribution in [1.29, 1.82) is 0 Å². The number of hydrogen-bond acceptors (Lipinski definition) is 2. The van der Waals surface area contributed by atoms with Gasteiger partial charge >= 0.3 is 0 Å². The monoisotopic (exact) mass is 236 g/mol. The molecule has 1 aromatic rings. The maximum absolute atomic E-state index is 9.51. The van der Waals surface area contributed by atoms with Crippen LogP contribution in [0.4, 0.5) is 0 Å². The first-order chi connectivity index (χ1) is 8.19. The van der Waals surface area contributed by atoms with Crippen molar-refractivity contribution in [3.05, 3.63) is 35.4 Å². The van der Waals surface area contributed by atoms with Crippen molar-refractivity contribution in [2.45, 2.75) is 39.5 Å². The van der Waals surface area contributed by atoms with Crippen LogP contribution in [0.5, 0.6) is 0 Å².